The Morgan fingerprint density at radius 1 is 1.27 bits per heavy atom. The lowest BCUT2D eigenvalue weighted by atomic mass is 10.0. The zero-order valence-electron chi connectivity index (χ0n) is 12.2. The largest absolute Gasteiger partial charge is 0.468 e. The molecule has 0 radical (unpaired) electrons. The first-order valence-corrected chi connectivity index (χ1v) is 7.87. The molecule has 1 aromatic rings. The van der Waals surface area contributed by atoms with Gasteiger partial charge in [-0.25, -0.2) is 21.6 Å². The molecule has 1 rings (SSSR count). The number of methoxy groups -OCH3 is 1. The van der Waals surface area contributed by atoms with Crippen molar-refractivity contribution in [1.82, 2.24) is 4.72 Å². The summed E-state index contributed by atoms with van der Waals surface area (Å²) in [6.45, 7) is 3.30. The minimum atomic E-state index is -4.57. The number of rotatable bonds is 6. The van der Waals surface area contributed by atoms with Crippen LogP contribution >= 0.6 is 0 Å². The summed E-state index contributed by atoms with van der Waals surface area (Å²) < 4.78 is 70.4. The lowest BCUT2D eigenvalue weighted by Crippen LogP contribution is -2.45. The van der Waals surface area contributed by atoms with Gasteiger partial charge in [0.2, 0.25) is 10.0 Å². The van der Waals surface area contributed by atoms with E-state index in [1.54, 1.807) is 13.8 Å². The topological polar surface area (TPSA) is 72.5 Å². The van der Waals surface area contributed by atoms with Crippen LogP contribution in [0.1, 0.15) is 20.3 Å². The van der Waals surface area contributed by atoms with Gasteiger partial charge in [-0.1, -0.05) is 20.3 Å². The first-order valence-electron chi connectivity index (χ1n) is 6.39. The molecule has 0 saturated carbocycles. The van der Waals surface area contributed by atoms with Crippen molar-refractivity contribution in [3.63, 3.8) is 0 Å². The SMILES string of the molecule is CC[C@@H](C)[C@H](NS(=O)(=O)c1ccc(F)c(F)c1F)C(=O)OC. The van der Waals surface area contributed by atoms with Crippen molar-refractivity contribution in [1.29, 1.82) is 0 Å². The number of sulfonamides is 1. The predicted molar refractivity (Wildman–Crippen MR) is 71.9 cm³/mol. The van der Waals surface area contributed by atoms with E-state index in [-0.39, 0.29) is 0 Å². The van der Waals surface area contributed by atoms with E-state index < -0.39 is 50.3 Å². The molecule has 124 valence electrons. The first-order chi connectivity index (χ1) is 10.2. The number of nitrogens with one attached hydrogen (secondary N) is 1. The zero-order chi connectivity index (χ0) is 17.1. The van der Waals surface area contributed by atoms with Crippen molar-refractivity contribution in [3.05, 3.63) is 29.6 Å². The second-order valence-corrected chi connectivity index (χ2v) is 6.36. The molecule has 0 aliphatic rings. The number of carbonyl (C=O) groups excluding carboxylic acids is 1. The van der Waals surface area contributed by atoms with Gasteiger partial charge < -0.3 is 4.74 Å². The number of hydrogen-bond acceptors (Lipinski definition) is 4. The summed E-state index contributed by atoms with van der Waals surface area (Å²) in [7, 11) is -3.50. The summed E-state index contributed by atoms with van der Waals surface area (Å²) in [6, 6.07) is -0.197. The second-order valence-electron chi connectivity index (χ2n) is 4.68. The zero-order valence-corrected chi connectivity index (χ0v) is 13.0. The molecule has 0 heterocycles. The van der Waals surface area contributed by atoms with E-state index >= 15 is 0 Å². The molecule has 0 fully saturated rings. The average Bonchev–Trinajstić information content (AvgIpc) is 2.48. The van der Waals surface area contributed by atoms with Gasteiger partial charge in [-0.2, -0.15) is 4.72 Å². The third-order valence-electron chi connectivity index (χ3n) is 3.24. The van der Waals surface area contributed by atoms with Crippen LogP contribution in [0, 0.1) is 23.4 Å². The van der Waals surface area contributed by atoms with E-state index in [4.69, 9.17) is 0 Å². The van der Waals surface area contributed by atoms with E-state index in [0.29, 0.717) is 18.6 Å². The molecule has 2 atom stereocenters. The highest BCUT2D eigenvalue weighted by Crippen LogP contribution is 2.21. The van der Waals surface area contributed by atoms with Crippen LogP contribution in [0.5, 0.6) is 0 Å². The number of ether oxygens (including phenoxy) is 1. The van der Waals surface area contributed by atoms with Crippen LogP contribution in [0.15, 0.2) is 17.0 Å². The molecule has 0 aliphatic heterocycles. The van der Waals surface area contributed by atoms with E-state index in [9.17, 15) is 26.4 Å². The molecular weight excluding hydrogens is 323 g/mol. The summed E-state index contributed by atoms with van der Waals surface area (Å²) in [5.41, 5.74) is 0. The molecule has 0 amide bonds. The Morgan fingerprint density at radius 2 is 1.86 bits per heavy atom. The lowest BCUT2D eigenvalue weighted by molar-refractivity contribution is -0.143. The van der Waals surface area contributed by atoms with Crippen molar-refractivity contribution in [2.45, 2.75) is 31.2 Å². The second kappa shape index (κ2) is 7.10. The van der Waals surface area contributed by atoms with Crippen LogP contribution in [0.25, 0.3) is 0 Å². The minimum absolute atomic E-state index is 0.433. The van der Waals surface area contributed by atoms with Crippen molar-refractivity contribution in [3.8, 4) is 0 Å². The highest BCUT2D eigenvalue weighted by molar-refractivity contribution is 7.89. The van der Waals surface area contributed by atoms with E-state index in [2.05, 4.69) is 4.74 Å². The van der Waals surface area contributed by atoms with Crippen molar-refractivity contribution in [2.75, 3.05) is 7.11 Å². The molecule has 9 heteroatoms. The quantitative estimate of drug-likeness (QED) is 0.635. The molecule has 5 nitrogen and oxygen atoms in total. The molecule has 1 N–H and O–H groups in total. The molecule has 1 aromatic carbocycles. The standard InChI is InChI=1S/C13H16F3NO4S/c1-4-7(2)12(13(18)21-3)17-22(19,20)9-6-5-8(14)10(15)11(9)16/h5-7,12,17H,4H2,1-3H3/t7-,12+/m1/s1. The lowest BCUT2D eigenvalue weighted by Gasteiger charge is -2.21. The molecule has 0 spiro atoms. The fraction of sp³-hybridized carbons (Fsp3) is 0.462. The van der Waals surface area contributed by atoms with Gasteiger partial charge in [-0.3, -0.25) is 4.79 Å². The monoisotopic (exact) mass is 339 g/mol. The molecule has 0 saturated heterocycles. The van der Waals surface area contributed by atoms with Crippen LogP contribution in [-0.4, -0.2) is 27.5 Å². The van der Waals surface area contributed by atoms with Gasteiger partial charge >= 0.3 is 5.97 Å². The molecule has 0 aromatic heterocycles. The van der Waals surface area contributed by atoms with Gasteiger partial charge in [0.25, 0.3) is 0 Å². The highest BCUT2D eigenvalue weighted by Gasteiger charge is 2.32. The Bertz CT molecular complexity index is 663. The summed E-state index contributed by atoms with van der Waals surface area (Å²) in [5, 5.41) is 0. The molecule has 0 bridgehead atoms. The fourth-order valence-electron chi connectivity index (χ4n) is 1.71. The molecule has 0 unspecified atom stereocenters. The Morgan fingerprint density at radius 3 is 2.36 bits per heavy atom. The van der Waals surface area contributed by atoms with E-state index in [0.717, 1.165) is 7.11 Å². The maximum absolute atomic E-state index is 13.6. The predicted octanol–water partition coefficient (Wildman–Crippen LogP) is 1.97. The third kappa shape index (κ3) is 3.77. The maximum atomic E-state index is 13.6. The van der Waals surface area contributed by atoms with Gasteiger partial charge in [0.1, 0.15) is 10.9 Å². The minimum Gasteiger partial charge on any atom is -0.468 e. The smallest absolute Gasteiger partial charge is 0.324 e. The van der Waals surface area contributed by atoms with E-state index in [1.165, 1.54) is 0 Å². The van der Waals surface area contributed by atoms with Crippen molar-refractivity contribution < 1.29 is 31.1 Å². The number of carbonyl (C=O) groups is 1. The third-order valence-corrected chi connectivity index (χ3v) is 4.70. The summed E-state index contributed by atoms with van der Waals surface area (Å²) in [5.74, 6) is -6.57. The van der Waals surface area contributed by atoms with Gasteiger partial charge in [0.05, 0.1) is 7.11 Å². The summed E-state index contributed by atoms with van der Waals surface area (Å²) in [4.78, 5) is 10.6. The number of hydrogen-bond donors (Lipinski definition) is 1. The number of esters is 1. The molecule has 0 aliphatic carbocycles. The number of benzene rings is 1. The molecule has 22 heavy (non-hydrogen) atoms. The Kier molecular flexibility index (Phi) is 5.95. The normalized spacial score (nSPS) is 14.5. The van der Waals surface area contributed by atoms with Crippen molar-refractivity contribution >= 4 is 16.0 Å². The van der Waals surface area contributed by atoms with Crippen LogP contribution < -0.4 is 4.72 Å². The van der Waals surface area contributed by atoms with Crippen LogP contribution in [-0.2, 0) is 19.6 Å². The summed E-state index contributed by atoms with van der Waals surface area (Å²) >= 11 is 0. The van der Waals surface area contributed by atoms with E-state index in [1.807, 2.05) is 4.72 Å². The summed E-state index contributed by atoms with van der Waals surface area (Å²) in [6.07, 6.45) is 0.433. The van der Waals surface area contributed by atoms with Crippen LogP contribution in [0.2, 0.25) is 0 Å². The van der Waals surface area contributed by atoms with Crippen LogP contribution in [0.4, 0.5) is 13.2 Å². The Labute approximate surface area is 126 Å². The average molecular weight is 339 g/mol. The fourth-order valence-corrected chi connectivity index (χ4v) is 3.07. The van der Waals surface area contributed by atoms with Crippen LogP contribution in [0.3, 0.4) is 0 Å². The highest BCUT2D eigenvalue weighted by atomic mass is 32.2. The van der Waals surface area contributed by atoms with Gasteiger partial charge in [-0.15, -0.1) is 0 Å². The number of halogens is 3. The van der Waals surface area contributed by atoms with Crippen molar-refractivity contribution in [2.24, 2.45) is 5.92 Å². The maximum Gasteiger partial charge on any atom is 0.324 e. The van der Waals surface area contributed by atoms with Gasteiger partial charge in [-0.05, 0) is 18.1 Å². The van der Waals surface area contributed by atoms with Gasteiger partial charge in [0.15, 0.2) is 17.5 Å². The Hall–Kier alpha value is -1.61. The van der Waals surface area contributed by atoms with Gasteiger partial charge in [0, 0.05) is 0 Å². The molecular formula is C13H16F3NO4S. The Balaban J connectivity index is 3.24. The first kappa shape index (κ1) is 18.4.